The van der Waals surface area contributed by atoms with Gasteiger partial charge in [0.05, 0.1) is 12.8 Å². The molecule has 0 spiro atoms. The molecule has 1 aliphatic rings. The molecule has 1 aromatic heterocycles. The molecule has 9 heteroatoms. The second kappa shape index (κ2) is 4.44. The van der Waals surface area contributed by atoms with Crippen molar-refractivity contribution in [1.82, 2.24) is 9.55 Å². The van der Waals surface area contributed by atoms with E-state index in [-0.39, 0.29) is 0 Å². The molecule has 1 fully saturated rings. The highest BCUT2D eigenvalue weighted by Crippen LogP contribution is 2.24. The van der Waals surface area contributed by atoms with E-state index in [1.165, 1.54) is 0 Å². The van der Waals surface area contributed by atoms with E-state index in [2.05, 4.69) is 4.98 Å². The fourth-order valence-electron chi connectivity index (χ4n) is 1.61. The van der Waals surface area contributed by atoms with Gasteiger partial charge in [-0.3, -0.25) is 9.36 Å². The van der Waals surface area contributed by atoms with E-state index >= 15 is 0 Å². The quantitative estimate of drug-likeness (QED) is 0.549. The first-order chi connectivity index (χ1) is 8.45. The van der Waals surface area contributed by atoms with Gasteiger partial charge in [0.25, 0.3) is 0 Å². The van der Waals surface area contributed by atoms with Crippen LogP contribution in [0.3, 0.4) is 0 Å². The maximum Gasteiger partial charge on any atom is 0.352 e. The third-order valence-electron chi connectivity index (χ3n) is 2.56. The summed E-state index contributed by atoms with van der Waals surface area (Å²) in [4.78, 5) is 26.2. The van der Waals surface area contributed by atoms with E-state index < -0.39 is 48.2 Å². The first-order valence-corrected chi connectivity index (χ1v) is 4.98. The average molecular weight is 259 g/mol. The Morgan fingerprint density at radius 3 is 2.78 bits per heavy atom. The van der Waals surface area contributed by atoms with Crippen molar-refractivity contribution in [2.75, 3.05) is 12.3 Å². The smallest absolute Gasteiger partial charge is 0.352 e. The Bertz CT molecular complexity index is 545. The highest BCUT2D eigenvalue weighted by Gasteiger charge is 2.43. The standard InChI is InChI=1S/C9H10FN3O5/c10-3-1-13(9(17)12-7(3)11)8-6(16)5(15)4(2-14)18-8/h1,4-5,8,14-15H,2H2,(H2,11,12,17). The van der Waals surface area contributed by atoms with Crippen LogP contribution in [-0.4, -0.2) is 44.4 Å². The Morgan fingerprint density at radius 2 is 2.22 bits per heavy atom. The van der Waals surface area contributed by atoms with Gasteiger partial charge in [0.1, 0.15) is 12.2 Å². The summed E-state index contributed by atoms with van der Waals surface area (Å²) in [6.45, 7) is -0.608. The van der Waals surface area contributed by atoms with Crippen molar-refractivity contribution in [2.24, 2.45) is 0 Å². The lowest BCUT2D eigenvalue weighted by molar-refractivity contribution is -0.130. The van der Waals surface area contributed by atoms with Crippen LogP contribution >= 0.6 is 0 Å². The fourth-order valence-corrected chi connectivity index (χ4v) is 1.61. The van der Waals surface area contributed by atoms with Crippen molar-refractivity contribution in [3.63, 3.8) is 0 Å². The van der Waals surface area contributed by atoms with Crippen LogP contribution in [0.15, 0.2) is 11.0 Å². The number of anilines is 1. The van der Waals surface area contributed by atoms with Crippen molar-refractivity contribution in [1.29, 1.82) is 0 Å². The van der Waals surface area contributed by atoms with E-state index in [4.69, 9.17) is 15.6 Å². The molecule has 18 heavy (non-hydrogen) atoms. The number of carbonyl (C=O) groups excluding carboxylic acids is 1. The Balaban J connectivity index is 2.42. The number of halogens is 1. The van der Waals surface area contributed by atoms with Gasteiger partial charge in [0.15, 0.2) is 11.6 Å². The molecule has 98 valence electrons. The minimum absolute atomic E-state index is 0.576. The number of aromatic nitrogens is 2. The van der Waals surface area contributed by atoms with Crippen molar-refractivity contribution in [3.05, 3.63) is 22.5 Å². The lowest BCUT2D eigenvalue weighted by atomic mass is 10.1. The van der Waals surface area contributed by atoms with E-state index in [1.807, 2.05) is 0 Å². The van der Waals surface area contributed by atoms with Crippen molar-refractivity contribution in [2.45, 2.75) is 18.4 Å². The predicted octanol–water partition coefficient (Wildman–Crippen LogP) is -2.22. The van der Waals surface area contributed by atoms with Crippen LogP contribution in [0.4, 0.5) is 10.2 Å². The molecular formula is C9H10FN3O5. The number of nitrogens with zero attached hydrogens (tertiary/aromatic N) is 2. The van der Waals surface area contributed by atoms with Gasteiger partial charge in [0, 0.05) is 0 Å². The average Bonchev–Trinajstić information content (AvgIpc) is 2.61. The Labute approximate surface area is 99.4 Å². The second-order valence-corrected chi connectivity index (χ2v) is 3.72. The normalized spacial score (nSPS) is 27.7. The molecule has 0 amide bonds. The predicted molar refractivity (Wildman–Crippen MR) is 54.9 cm³/mol. The molecule has 0 bridgehead atoms. The summed E-state index contributed by atoms with van der Waals surface area (Å²) in [5, 5.41) is 18.3. The van der Waals surface area contributed by atoms with Gasteiger partial charge in [-0.2, -0.15) is 4.98 Å². The molecule has 0 radical (unpaired) electrons. The molecular weight excluding hydrogens is 249 g/mol. The van der Waals surface area contributed by atoms with Gasteiger partial charge in [-0.05, 0) is 0 Å². The number of hydrogen-bond acceptors (Lipinski definition) is 7. The Hall–Kier alpha value is -1.84. The maximum absolute atomic E-state index is 13.2. The molecule has 1 aromatic rings. The van der Waals surface area contributed by atoms with E-state index in [0.717, 1.165) is 0 Å². The number of nitrogen functional groups attached to an aromatic ring is 1. The second-order valence-electron chi connectivity index (χ2n) is 3.72. The van der Waals surface area contributed by atoms with Crippen LogP contribution in [-0.2, 0) is 9.53 Å². The van der Waals surface area contributed by atoms with E-state index in [1.54, 1.807) is 0 Å². The van der Waals surface area contributed by atoms with Crippen LogP contribution in [0.5, 0.6) is 0 Å². The molecule has 4 N–H and O–H groups in total. The minimum Gasteiger partial charge on any atom is -0.394 e. The summed E-state index contributed by atoms with van der Waals surface area (Å²) in [5.41, 5.74) is 4.10. The summed E-state index contributed by atoms with van der Waals surface area (Å²) in [6.07, 6.45) is -3.59. The first-order valence-electron chi connectivity index (χ1n) is 4.98. The van der Waals surface area contributed by atoms with Gasteiger partial charge in [-0.15, -0.1) is 0 Å². The van der Waals surface area contributed by atoms with Crippen LogP contribution in [0, 0.1) is 5.82 Å². The Kier molecular flexibility index (Phi) is 3.11. The van der Waals surface area contributed by atoms with Crippen LogP contribution in [0.1, 0.15) is 6.23 Å². The number of hydrogen-bond donors (Lipinski definition) is 3. The van der Waals surface area contributed by atoms with Gasteiger partial charge >= 0.3 is 5.69 Å². The molecule has 0 aliphatic carbocycles. The largest absolute Gasteiger partial charge is 0.394 e. The highest BCUT2D eigenvalue weighted by atomic mass is 19.1. The zero-order valence-electron chi connectivity index (χ0n) is 8.99. The van der Waals surface area contributed by atoms with Crippen molar-refractivity contribution in [3.8, 4) is 0 Å². The first kappa shape index (κ1) is 12.6. The monoisotopic (exact) mass is 259 g/mol. The fraction of sp³-hybridized carbons (Fsp3) is 0.444. The number of rotatable bonds is 2. The maximum atomic E-state index is 13.2. The molecule has 8 nitrogen and oxygen atoms in total. The van der Waals surface area contributed by atoms with E-state index in [0.29, 0.717) is 10.8 Å². The number of ketones is 1. The molecule has 0 saturated carbocycles. The van der Waals surface area contributed by atoms with Crippen molar-refractivity contribution < 1.29 is 24.1 Å². The lowest BCUT2D eigenvalue weighted by Gasteiger charge is -2.12. The van der Waals surface area contributed by atoms with Gasteiger partial charge < -0.3 is 20.7 Å². The van der Waals surface area contributed by atoms with Gasteiger partial charge in [-0.25, -0.2) is 9.18 Å². The van der Waals surface area contributed by atoms with Crippen LogP contribution < -0.4 is 11.4 Å². The number of ether oxygens (including phenoxy) is 1. The summed E-state index contributed by atoms with van der Waals surface area (Å²) in [5.74, 6) is -2.45. The summed E-state index contributed by atoms with van der Waals surface area (Å²) < 4.78 is 18.7. The SMILES string of the molecule is Nc1nc(=O)n(C2OC(CO)C(O)C2=O)cc1F. The van der Waals surface area contributed by atoms with Crippen LogP contribution in [0.2, 0.25) is 0 Å². The minimum atomic E-state index is -1.58. The topological polar surface area (TPSA) is 128 Å². The number of aliphatic hydroxyl groups excluding tert-OH is 2. The Morgan fingerprint density at radius 1 is 1.56 bits per heavy atom. The molecule has 2 rings (SSSR count). The third kappa shape index (κ3) is 1.88. The van der Waals surface area contributed by atoms with E-state index in [9.17, 15) is 19.1 Å². The summed E-state index contributed by atoms with van der Waals surface area (Å²) in [7, 11) is 0. The molecule has 0 aromatic carbocycles. The highest BCUT2D eigenvalue weighted by molar-refractivity contribution is 5.87. The lowest BCUT2D eigenvalue weighted by Crippen LogP contribution is -2.33. The molecule has 3 atom stereocenters. The number of Topliss-reactive ketones (excluding diaryl/α,β-unsaturated/α-hetero) is 1. The van der Waals surface area contributed by atoms with Gasteiger partial charge in [-0.1, -0.05) is 0 Å². The number of aliphatic hydroxyl groups is 2. The van der Waals surface area contributed by atoms with Crippen molar-refractivity contribution >= 4 is 11.6 Å². The molecule has 1 saturated heterocycles. The summed E-state index contributed by atoms with van der Waals surface area (Å²) >= 11 is 0. The molecule has 2 heterocycles. The zero-order chi connectivity index (χ0) is 13.4. The number of nitrogens with two attached hydrogens (primary N) is 1. The van der Waals surface area contributed by atoms with Gasteiger partial charge in [0.2, 0.25) is 12.0 Å². The number of carbonyl (C=O) groups is 1. The van der Waals surface area contributed by atoms with Crippen LogP contribution in [0.25, 0.3) is 0 Å². The third-order valence-corrected chi connectivity index (χ3v) is 2.56. The summed E-state index contributed by atoms with van der Waals surface area (Å²) in [6, 6.07) is 0. The zero-order valence-corrected chi connectivity index (χ0v) is 8.99. The molecule has 3 unspecified atom stereocenters. The molecule has 1 aliphatic heterocycles.